The maximum atomic E-state index is 13.5. The summed E-state index contributed by atoms with van der Waals surface area (Å²) in [4.78, 5) is 4.27. The van der Waals surface area contributed by atoms with Crippen molar-refractivity contribution in [2.75, 3.05) is 0 Å². The van der Waals surface area contributed by atoms with Gasteiger partial charge in [-0.2, -0.15) is 5.10 Å². The summed E-state index contributed by atoms with van der Waals surface area (Å²) < 4.78 is 27.3. The molecule has 1 aromatic carbocycles. The summed E-state index contributed by atoms with van der Waals surface area (Å²) in [5.74, 6) is 0.317. The Morgan fingerprint density at radius 1 is 1.39 bits per heavy atom. The lowest BCUT2D eigenvalue weighted by molar-refractivity contribution is 0.513. The SMILES string of the molecule is CC(C)n1ncnc1CS(=O)c1ccccc1F. The number of hydrogen-bond acceptors (Lipinski definition) is 3. The van der Waals surface area contributed by atoms with Crippen LogP contribution in [0.1, 0.15) is 25.7 Å². The van der Waals surface area contributed by atoms with Gasteiger partial charge in [-0.25, -0.2) is 14.1 Å². The average molecular weight is 267 g/mol. The van der Waals surface area contributed by atoms with Crippen molar-refractivity contribution in [3.63, 3.8) is 0 Å². The number of halogens is 1. The first-order valence-electron chi connectivity index (χ1n) is 5.61. The van der Waals surface area contributed by atoms with Crippen molar-refractivity contribution in [1.82, 2.24) is 14.8 Å². The molecule has 1 aromatic heterocycles. The molecule has 0 bridgehead atoms. The highest BCUT2D eigenvalue weighted by atomic mass is 32.2. The smallest absolute Gasteiger partial charge is 0.140 e. The van der Waals surface area contributed by atoms with Gasteiger partial charge in [0, 0.05) is 6.04 Å². The van der Waals surface area contributed by atoms with Gasteiger partial charge in [0.1, 0.15) is 18.0 Å². The van der Waals surface area contributed by atoms with Gasteiger partial charge in [0.25, 0.3) is 0 Å². The van der Waals surface area contributed by atoms with Gasteiger partial charge in [0.05, 0.1) is 21.4 Å². The molecule has 1 unspecified atom stereocenters. The Morgan fingerprint density at radius 2 is 2.11 bits per heavy atom. The van der Waals surface area contributed by atoms with Crippen molar-refractivity contribution in [2.24, 2.45) is 0 Å². The van der Waals surface area contributed by atoms with Gasteiger partial charge >= 0.3 is 0 Å². The first kappa shape index (κ1) is 12.9. The molecule has 2 rings (SSSR count). The molecule has 18 heavy (non-hydrogen) atoms. The fourth-order valence-corrected chi connectivity index (χ4v) is 2.75. The summed E-state index contributed by atoms with van der Waals surface area (Å²) in [5, 5.41) is 4.06. The number of rotatable bonds is 4. The van der Waals surface area contributed by atoms with Crippen LogP contribution in [-0.4, -0.2) is 19.0 Å². The second kappa shape index (κ2) is 5.39. The van der Waals surface area contributed by atoms with Crippen LogP contribution in [-0.2, 0) is 16.6 Å². The first-order valence-corrected chi connectivity index (χ1v) is 6.92. The number of hydrogen-bond donors (Lipinski definition) is 0. The number of aromatic nitrogens is 3. The van der Waals surface area contributed by atoms with E-state index >= 15 is 0 Å². The van der Waals surface area contributed by atoms with Crippen molar-refractivity contribution in [3.05, 3.63) is 42.2 Å². The Morgan fingerprint density at radius 3 is 2.78 bits per heavy atom. The van der Waals surface area contributed by atoms with Crippen LogP contribution < -0.4 is 0 Å². The second-order valence-electron chi connectivity index (χ2n) is 4.13. The highest BCUT2D eigenvalue weighted by Crippen LogP contribution is 2.16. The third-order valence-corrected chi connectivity index (χ3v) is 3.82. The molecule has 0 saturated carbocycles. The van der Waals surface area contributed by atoms with E-state index in [2.05, 4.69) is 10.1 Å². The quantitative estimate of drug-likeness (QED) is 0.854. The van der Waals surface area contributed by atoms with Crippen molar-refractivity contribution in [1.29, 1.82) is 0 Å². The Kier molecular flexibility index (Phi) is 3.86. The molecule has 1 atom stereocenters. The Hall–Kier alpha value is -1.56. The van der Waals surface area contributed by atoms with E-state index in [9.17, 15) is 8.60 Å². The Bertz CT molecular complexity index is 568. The third-order valence-electron chi connectivity index (χ3n) is 2.48. The van der Waals surface area contributed by atoms with Crippen LogP contribution in [0.25, 0.3) is 0 Å². The van der Waals surface area contributed by atoms with E-state index in [0.717, 1.165) is 0 Å². The number of nitrogens with zero attached hydrogens (tertiary/aromatic N) is 3. The molecular weight excluding hydrogens is 253 g/mol. The third kappa shape index (κ3) is 2.64. The lowest BCUT2D eigenvalue weighted by Crippen LogP contribution is -2.11. The van der Waals surface area contributed by atoms with Crippen LogP contribution in [0.2, 0.25) is 0 Å². The van der Waals surface area contributed by atoms with E-state index in [1.807, 2.05) is 13.8 Å². The summed E-state index contributed by atoms with van der Waals surface area (Å²) in [6.07, 6.45) is 1.42. The largest absolute Gasteiger partial charge is 0.254 e. The molecule has 6 heteroatoms. The minimum atomic E-state index is -1.45. The topological polar surface area (TPSA) is 47.8 Å². The maximum Gasteiger partial charge on any atom is 0.140 e. The minimum Gasteiger partial charge on any atom is -0.254 e. The normalized spacial score (nSPS) is 12.9. The van der Waals surface area contributed by atoms with Gasteiger partial charge in [-0.1, -0.05) is 12.1 Å². The van der Waals surface area contributed by atoms with Crippen LogP contribution in [0, 0.1) is 5.82 Å². The summed E-state index contributed by atoms with van der Waals surface area (Å²) in [6, 6.07) is 6.22. The molecule has 2 aromatic rings. The molecule has 0 aliphatic rings. The minimum absolute atomic E-state index is 0.139. The summed E-state index contributed by atoms with van der Waals surface area (Å²) in [5.41, 5.74) is 0. The Balaban J connectivity index is 2.22. The van der Waals surface area contributed by atoms with Gasteiger partial charge < -0.3 is 0 Å². The van der Waals surface area contributed by atoms with Gasteiger partial charge in [-0.15, -0.1) is 0 Å². The van der Waals surface area contributed by atoms with Crippen molar-refractivity contribution >= 4 is 10.8 Å². The molecule has 0 aliphatic carbocycles. The highest BCUT2D eigenvalue weighted by molar-refractivity contribution is 7.84. The van der Waals surface area contributed by atoms with E-state index in [4.69, 9.17) is 0 Å². The zero-order valence-corrected chi connectivity index (χ0v) is 11.0. The van der Waals surface area contributed by atoms with Crippen molar-refractivity contribution in [2.45, 2.75) is 30.5 Å². The van der Waals surface area contributed by atoms with E-state index < -0.39 is 16.6 Å². The summed E-state index contributed by atoms with van der Waals surface area (Å²) >= 11 is 0. The first-order chi connectivity index (χ1) is 8.59. The van der Waals surface area contributed by atoms with Crippen molar-refractivity contribution < 1.29 is 8.60 Å². The predicted molar refractivity (Wildman–Crippen MR) is 66.9 cm³/mol. The maximum absolute atomic E-state index is 13.5. The molecule has 96 valence electrons. The highest BCUT2D eigenvalue weighted by Gasteiger charge is 2.15. The standard InChI is InChI=1S/C12H14FN3OS/c1-9(2)16-12(14-8-15-16)7-18(17)11-6-4-3-5-10(11)13/h3-6,8-9H,7H2,1-2H3. The molecule has 0 N–H and O–H groups in total. The number of benzene rings is 1. The van der Waals surface area contributed by atoms with Gasteiger partial charge in [-0.05, 0) is 26.0 Å². The summed E-state index contributed by atoms with van der Waals surface area (Å²) in [6.45, 7) is 3.93. The van der Waals surface area contributed by atoms with Crippen molar-refractivity contribution in [3.8, 4) is 0 Å². The van der Waals surface area contributed by atoms with E-state index in [0.29, 0.717) is 5.82 Å². The molecule has 1 heterocycles. The van der Waals surface area contributed by atoms with E-state index in [-0.39, 0.29) is 16.7 Å². The molecule has 0 amide bonds. The van der Waals surface area contributed by atoms with E-state index in [1.165, 1.54) is 18.5 Å². The van der Waals surface area contributed by atoms with E-state index in [1.54, 1.807) is 16.8 Å². The van der Waals surface area contributed by atoms with Crippen LogP contribution in [0.4, 0.5) is 4.39 Å². The second-order valence-corrected chi connectivity index (χ2v) is 5.55. The summed E-state index contributed by atoms with van der Waals surface area (Å²) in [7, 11) is -1.45. The van der Waals surface area contributed by atoms with Gasteiger partial charge in [0.2, 0.25) is 0 Å². The lowest BCUT2D eigenvalue weighted by Gasteiger charge is -2.09. The predicted octanol–water partition coefficient (Wildman–Crippen LogP) is 2.31. The fraction of sp³-hybridized carbons (Fsp3) is 0.333. The lowest BCUT2D eigenvalue weighted by atomic mass is 10.3. The zero-order valence-electron chi connectivity index (χ0n) is 10.2. The molecule has 4 nitrogen and oxygen atoms in total. The zero-order chi connectivity index (χ0) is 13.1. The van der Waals surface area contributed by atoms with Gasteiger partial charge in [-0.3, -0.25) is 4.21 Å². The van der Waals surface area contributed by atoms with Crippen LogP contribution >= 0.6 is 0 Å². The molecule has 0 spiro atoms. The Labute approximate surface area is 107 Å². The monoisotopic (exact) mass is 267 g/mol. The van der Waals surface area contributed by atoms with Crippen LogP contribution in [0.15, 0.2) is 35.5 Å². The van der Waals surface area contributed by atoms with Crippen LogP contribution in [0.5, 0.6) is 0 Å². The fourth-order valence-electron chi connectivity index (χ4n) is 1.63. The van der Waals surface area contributed by atoms with Crippen LogP contribution in [0.3, 0.4) is 0 Å². The molecule has 0 radical (unpaired) electrons. The molecule has 0 saturated heterocycles. The average Bonchev–Trinajstić information content (AvgIpc) is 2.77. The molecule has 0 fully saturated rings. The molecular formula is C12H14FN3OS. The molecule has 0 aliphatic heterocycles. The van der Waals surface area contributed by atoms with Gasteiger partial charge in [0.15, 0.2) is 0 Å².